The van der Waals surface area contributed by atoms with Crippen LogP contribution in [0, 0.1) is 13.8 Å². The van der Waals surface area contributed by atoms with Gasteiger partial charge in [-0.2, -0.15) is 0 Å². The van der Waals surface area contributed by atoms with Gasteiger partial charge in [0.15, 0.2) is 0 Å². The van der Waals surface area contributed by atoms with Crippen molar-refractivity contribution in [1.82, 2.24) is 9.97 Å². The van der Waals surface area contributed by atoms with E-state index in [9.17, 15) is 4.79 Å². The van der Waals surface area contributed by atoms with Crippen LogP contribution in [0.5, 0.6) is 0 Å². The molecule has 2 aromatic rings. The molecule has 1 amide bonds. The molecule has 3 rings (SSSR count). The number of nitrogens with zero attached hydrogens (tertiary/aromatic N) is 3. The van der Waals surface area contributed by atoms with Crippen LogP contribution in [0.1, 0.15) is 37.3 Å². The minimum atomic E-state index is -0.0183. The summed E-state index contributed by atoms with van der Waals surface area (Å²) in [4.78, 5) is 23.4. The van der Waals surface area contributed by atoms with Crippen LogP contribution in [-0.2, 0) is 4.79 Å². The summed E-state index contributed by atoms with van der Waals surface area (Å²) in [6, 6.07) is 8.44. The van der Waals surface area contributed by atoms with Crippen molar-refractivity contribution in [1.29, 1.82) is 0 Å². The van der Waals surface area contributed by atoms with Crippen LogP contribution < -0.4 is 10.2 Å². The van der Waals surface area contributed by atoms with E-state index in [1.165, 1.54) is 36.6 Å². The Morgan fingerprint density at radius 2 is 2.15 bits per heavy atom. The number of piperidine rings is 1. The van der Waals surface area contributed by atoms with Crippen molar-refractivity contribution in [3.05, 3.63) is 41.7 Å². The van der Waals surface area contributed by atoms with E-state index in [0.717, 1.165) is 28.6 Å². The number of aromatic nitrogens is 2. The van der Waals surface area contributed by atoms with Gasteiger partial charge in [0.05, 0.1) is 5.75 Å². The van der Waals surface area contributed by atoms with E-state index in [0.29, 0.717) is 11.8 Å². The summed E-state index contributed by atoms with van der Waals surface area (Å²) in [6.07, 6.45) is 5.28. The zero-order chi connectivity index (χ0) is 18.5. The summed E-state index contributed by atoms with van der Waals surface area (Å²) in [5.74, 6) is 1.28. The lowest BCUT2D eigenvalue weighted by molar-refractivity contribution is -0.113. The Bertz CT molecular complexity index is 780. The van der Waals surface area contributed by atoms with Gasteiger partial charge in [0.1, 0.15) is 17.2 Å². The molecule has 26 heavy (non-hydrogen) atoms. The number of benzene rings is 1. The number of thioether (sulfide) groups is 1. The molecule has 1 saturated heterocycles. The van der Waals surface area contributed by atoms with Crippen molar-refractivity contribution in [2.45, 2.75) is 51.1 Å². The summed E-state index contributed by atoms with van der Waals surface area (Å²) in [5.41, 5.74) is 3.15. The largest absolute Gasteiger partial charge is 0.354 e. The first-order valence-corrected chi connectivity index (χ1v) is 10.1. The zero-order valence-corrected chi connectivity index (χ0v) is 16.5. The Morgan fingerprint density at radius 3 is 2.96 bits per heavy atom. The number of carbonyl (C=O) groups is 1. The molecule has 0 saturated carbocycles. The Balaban J connectivity index is 1.60. The lowest BCUT2D eigenvalue weighted by Crippen LogP contribution is -2.38. The predicted octanol–water partition coefficient (Wildman–Crippen LogP) is 4.20. The van der Waals surface area contributed by atoms with Crippen LogP contribution >= 0.6 is 11.8 Å². The third-order valence-corrected chi connectivity index (χ3v) is 5.88. The number of anilines is 2. The van der Waals surface area contributed by atoms with Gasteiger partial charge in [-0.25, -0.2) is 9.97 Å². The highest BCUT2D eigenvalue weighted by atomic mass is 32.2. The first kappa shape index (κ1) is 18.7. The molecule has 0 unspecified atom stereocenters. The minimum Gasteiger partial charge on any atom is -0.354 e. The third kappa shape index (κ3) is 4.55. The Kier molecular flexibility index (Phi) is 6.14. The Labute approximate surface area is 159 Å². The van der Waals surface area contributed by atoms with Crippen molar-refractivity contribution in [3.8, 4) is 0 Å². The number of nitrogens with one attached hydrogen (secondary N) is 1. The first-order valence-electron chi connectivity index (χ1n) is 9.12. The Hall–Kier alpha value is -2.08. The second kappa shape index (κ2) is 8.54. The molecule has 6 heteroatoms. The van der Waals surface area contributed by atoms with Crippen LogP contribution in [0.2, 0.25) is 0 Å². The highest BCUT2D eigenvalue weighted by Crippen LogP contribution is 2.26. The number of amides is 1. The monoisotopic (exact) mass is 370 g/mol. The molecule has 1 aromatic heterocycles. The molecule has 1 aromatic carbocycles. The van der Waals surface area contributed by atoms with Crippen molar-refractivity contribution in [3.63, 3.8) is 0 Å². The molecule has 0 radical (unpaired) electrons. The van der Waals surface area contributed by atoms with Crippen LogP contribution in [0.4, 0.5) is 11.5 Å². The number of rotatable bonds is 5. The van der Waals surface area contributed by atoms with Crippen LogP contribution in [0.15, 0.2) is 35.6 Å². The van der Waals surface area contributed by atoms with Gasteiger partial charge in [0, 0.05) is 24.3 Å². The summed E-state index contributed by atoms with van der Waals surface area (Å²) in [6.45, 7) is 7.35. The smallest absolute Gasteiger partial charge is 0.234 e. The fourth-order valence-electron chi connectivity index (χ4n) is 3.22. The Morgan fingerprint density at radius 1 is 1.31 bits per heavy atom. The maximum Gasteiger partial charge on any atom is 0.234 e. The molecule has 138 valence electrons. The fraction of sp³-hybridized carbons (Fsp3) is 0.450. The van der Waals surface area contributed by atoms with Gasteiger partial charge in [-0.3, -0.25) is 4.79 Å². The summed E-state index contributed by atoms with van der Waals surface area (Å²) < 4.78 is 0. The van der Waals surface area contributed by atoms with Gasteiger partial charge in [0.2, 0.25) is 5.91 Å². The average molecular weight is 371 g/mol. The SMILES string of the molecule is Cc1cccc(NC(=O)CSc2cc(N3CCCC[C@@H]3C)ncn2)c1C. The van der Waals surface area contributed by atoms with Crippen molar-refractivity contribution >= 4 is 29.2 Å². The normalized spacial score (nSPS) is 17.2. The van der Waals surface area contributed by atoms with Gasteiger partial charge in [-0.1, -0.05) is 23.9 Å². The van der Waals surface area contributed by atoms with E-state index in [4.69, 9.17) is 0 Å². The second-order valence-electron chi connectivity index (χ2n) is 6.84. The zero-order valence-electron chi connectivity index (χ0n) is 15.7. The number of carbonyl (C=O) groups excluding carboxylic acids is 1. The number of hydrogen-bond donors (Lipinski definition) is 1. The van der Waals surface area contributed by atoms with E-state index in [2.05, 4.69) is 27.1 Å². The maximum atomic E-state index is 12.3. The first-order chi connectivity index (χ1) is 12.5. The van der Waals surface area contributed by atoms with E-state index in [-0.39, 0.29) is 5.91 Å². The molecule has 2 heterocycles. The highest BCUT2D eigenvalue weighted by molar-refractivity contribution is 7.99. The number of aryl methyl sites for hydroxylation is 1. The van der Waals surface area contributed by atoms with Gasteiger partial charge >= 0.3 is 0 Å². The van der Waals surface area contributed by atoms with E-state index in [1.807, 2.05) is 38.1 Å². The van der Waals surface area contributed by atoms with Crippen LogP contribution in [-0.4, -0.2) is 34.2 Å². The second-order valence-corrected chi connectivity index (χ2v) is 7.83. The standard InChI is InChI=1S/C20H26N4OS/c1-14-7-6-9-17(16(14)3)23-19(25)12-26-20-11-18(21-13-22-20)24-10-5-4-8-15(24)2/h6-7,9,11,13,15H,4-5,8,10,12H2,1-3H3,(H,23,25)/t15-/m0/s1. The highest BCUT2D eigenvalue weighted by Gasteiger charge is 2.20. The predicted molar refractivity (Wildman–Crippen MR) is 108 cm³/mol. The summed E-state index contributed by atoms with van der Waals surface area (Å²) in [7, 11) is 0. The molecule has 5 nitrogen and oxygen atoms in total. The van der Waals surface area contributed by atoms with Crippen molar-refractivity contribution < 1.29 is 4.79 Å². The number of hydrogen-bond acceptors (Lipinski definition) is 5. The third-order valence-electron chi connectivity index (χ3n) is 4.95. The average Bonchev–Trinajstić information content (AvgIpc) is 2.64. The van der Waals surface area contributed by atoms with Crippen molar-refractivity contribution in [2.24, 2.45) is 0 Å². The van der Waals surface area contributed by atoms with Crippen LogP contribution in [0.3, 0.4) is 0 Å². The van der Waals surface area contributed by atoms with Gasteiger partial charge < -0.3 is 10.2 Å². The topological polar surface area (TPSA) is 58.1 Å². The maximum absolute atomic E-state index is 12.3. The molecule has 0 bridgehead atoms. The summed E-state index contributed by atoms with van der Waals surface area (Å²) in [5, 5.41) is 3.83. The van der Waals surface area contributed by atoms with Gasteiger partial charge in [-0.05, 0) is 57.2 Å². The summed E-state index contributed by atoms with van der Waals surface area (Å²) >= 11 is 1.45. The molecular weight excluding hydrogens is 344 g/mol. The molecular formula is C20H26N4OS. The van der Waals surface area contributed by atoms with Crippen LogP contribution in [0.25, 0.3) is 0 Å². The molecule has 1 aliphatic heterocycles. The minimum absolute atomic E-state index is 0.0183. The molecule has 1 N–H and O–H groups in total. The quantitative estimate of drug-likeness (QED) is 0.631. The molecule has 1 atom stereocenters. The van der Waals surface area contributed by atoms with Gasteiger partial charge in [0.25, 0.3) is 0 Å². The lowest BCUT2D eigenvalue weighted by Gasteiger charge is -2.34. The van der Waals surface area contributed by atoms with E-state index < -0.39 is 0 Å². The molecule has 1 fully saturated rings. The molecule has 0 spiro atoms. The molecule has 0 aliphatic carbocycles. The van der Waals surface area contributed by atoms with E-state index >= 15 is 0 Å². The fourth-order valence-corrected chi connectivity index (χ4v) is 3.88. The molecule has 1 aliphatic rings. The van der Waals surface area contributed by atoms with E-state index in [1.54, 1.807) is 6.33 Å². The van der Waals surface area contributed by atoms with Crippen molar-refractivity contribution in [2.75, 3.05) is 22.5 Å². The lowest BCUT2D eigenvalue weighted by atomic mass is 10.0. The van der Waals surface area contributed by atoms with Gasteiger partial charge in [-0.15, -0.1) is 0 Å².